The molecule has 0 radical (unpaired) electrons. The lowest BCUT2D eigenvalue weighted by Gasteiger charge is -2.00. The zero-order valence-electron chi connectivity index (χ0n) is 9.74. The first kappa shape index (κ1) is 13.4. The van der Waals surface area contributed by atoms with Crippen LogP contribution in [0.3, 0.4) is 0 Å². The third-order valence-electron chi connectivity index (χ3n) is 2.52. The highest BCUT2D eigenvalue weighted by molar-refractivity contribution is 6.34. The average molecular weight is 279 g/mol. The Kier molecular flexibility index (Phi) is 4.07. The van der Waals surface area contributed by atoms with E-state index in [1.54, 1.807) is 18.2 Å². The summed E-state index contributed by atoms with van der Waals surface area (Å²) in [6.45, 7) is 0. The fourth-order valence-corrected chi connectivity index (χ4v) is 1.82. The van der Waals surface area contributed by atoms with Gasteiger partial charge in [0.15, 0.2) is 5.78 Å². The molecule has 2 rings (SSSR count). The van der Waals surface area contributed by atoms with Crippen molar-refractivity contribution < 1.29 is 13.6 Å². The maximum atomic E-state index is 13.3. The minimum Gasteiger partial charge on any atom is -0.289 e. The van der Waals surface area contributed by atoms with Gasteiger partial charge in [-0.25, -0.2) is 8.78 Å². The molecule has 0 aliphatic rings. The van der Waals surface area contributed by atoms with Gasteiger partial charge in [-0.3, -0.25) is 4.79 Å². The molecule has 0 aliphatic carbocycles. The number of ketones is 1. The summed E-state index contributed by atoms with van der Waals surface area (Å²) in [6.07, 6.45) is 2.56. The van der Waals surface area contributed by atoms with E-state index in [2.05, 4.69) is 0 Å². The van der Waals surface area contributed by atoms with Gasteiger partial charge in [-0.05, 0) is 36.4 Å². The molecule has 0 unspecified atom stereocenters. The smallest absolute Gasteiger partial charge is 0.187 e. The monoisotopic (exact) mass is 278 g/mol. The molecule has 0 saturated heterocycles. The highest BCUT2D eigenvalue weighted by Gasteiger charge is 2.08. The number of benzene rings is 2. The minimum absolute atomic E-state index is 0.0307. The van der Waals surface area contributed by atoms with Crippen LogP contribution in [0.15, 0.2) is 48.5 Å². The number of halogens is 3. The van der Waals surface area contributed by atoms with Crippen molar-refractivity contribution in [3.05, 3.63) is 76.3 Å². The van der Waals surface area contributed by atoms with Crippen LogP contribution < -0.4 is 0 Å². The van der Waals surface area contributed by atoms with Crippen molar-refractivity contribution in [2.24, 2.45) is 0 Å². The van der Waals surface area contributed by atoms with E-state index in [0.717, 1.165) is 12.1 Å². The second kappa shape index (κ2) is 5.76. The lowest BCUT2D eigenvalue weighted by atomic mass is 10.1. The highest BCUT2D eigenvalue weighted by Crippen LogP contribution is 2.18. The molecule has 4 heteroatoms. The Labute approximate surface area is 114 Å². The van der Waals surface area contributed by atoms with E-state index in [0.29, 0.717) is 5.56 Å². The first-order valence-corrected chi connectivity index (χ1v) is 5.88. The van der Waals surface area contributed by atoms with Gasteiger partial charge in [-0.15, -0.1) is 0 Å². The highest BCUT2D eigenvalue weighted by atomic mass is 35.5. The topological polar surface area (TPSA) is 17.1 Å². The number of rotatable bonds is 3. The molecular formula is C15H9ClF2O. The molecule has 0 amide bonds. The Balaban J connectivity index is 2.24. The van der Waals surface area contributed by atoms with Crippen molar-refractivity contribution in [3.8, 4) is 0 Å². The largest absolute Gasteiger partial charge is 0.289 e. The molecule has 0 fully saturated rings. The summed E-state index contributed by atoms with van der Waals surface area (Å²) in [4.78, 5) is 11.8. The molecule has 0 atom stereocenters. The van der Waals surface area contributed by atoms with E-state index in [1.165, 1.54) is 24.3 Å². The standard InChI is InChI=1S/C15H9ClF2O/c16-13-9-11(17)6-7-12(13)15(19)8-5-10-3-1-2-4-14(10)18/h1-9H/b8-5+. The molecular weight excluding hydrogens is 270 g/mol. The maximum absolute atomic E-state index is 13.3. The van der Waals surface area contributed by atoms with Gasteiger partial charge in [-0.2, -0.15) is 0 Å². The zero-order chi connectivity index (χ0) is 13.8. The third kappa shape index (κ3) is 3.26. The maximum Gasteiger partial charge on any atom is 0.187 e. The van der Waals surface area contributed by atoms with Gasteiger partial charge in [0, 0.05) is 11.1 Å². The molecule has 0 aliphatic heterocycles. The third-order valence-corrected chi connectivity index (χ3v) is 2.83. The molecule has 2 aromatic rings. The van der Waals surface area contributed by atoms with E-state index in [-0.39, 0.29) is 10.6 Å². The van der Waals surface area contributed by atoms with Crippen LogP contribution >= 0.6 is 11.6 Å². The van der Waals surface area contributed by atoms with Crippen LogP contribution in [0.2, 0.25) is 5.02 Å². The van der Waals surface area contributed by atoms with E-state index in [4.69, 9.17) is 11.6 Å². The van der Waals surface area contributed by atoms with Gasteiger partial charge in [0.25, 0.3) is 0 Å². The lowest BCUT2D eigenvalue weighted by Crippen LogP contribution is -1.96. The van der Waals surface area contributed by atoms with Crippen LogP contribution in [-0.2, 0) is 0 Å². The Morgan fingerprint density at radius 2 is 1.84 bits per heavy atom. The minimum atomic E-state index is -0.514. The summed E-state index contributed by atoms with van der Waals surface area (Å²) < 4.78 is 26.2. The number of carbonyl (C=O) groups excluding carboxylic acids is 1. The number of carbonyl (C=O) groups is 1. The van der Waals surface area contributed by atoms with Crippen molar-refractivity contribution in [2.45, 2.75) is 0 Å². The van der Waals surface area contributed by atoms with Crippen LogP contribution in [0.1, 0.15) is 15.9 Å². The van der Waals surface area contributed by atoms with Crippen molar-refractivity contribution in [2.75, 3.05) is 0 Å². The fourth-order valence-electron chi connectivity index (χ4n) is 1.55. The molecule has 2 aromatic carbocycles. The molecule has 0 aromatic heterocycles. The SMILES string of the molecule is O=C(/C=C/c1ccccc1F)c1ccc(F)cc1Cl. The first-order valence-electron chi connectivity index (χ1n) is 5.50. The Bertz CT molecular complexity index is 650. The van der Waals surface area contributed by atoms with Crippen molar-refractivity contribution in [1.82, 2.24) is 0 Å². The second-order valence-corrected chi connectivity index (χ2v) is 4.25. The van der Waals surface area contributed by atoms with E-state index >= 15 is 0 Å². The van der Waals surface area contributed by atoms with Gasteiger partial charge in [0.05, 0.1) is 5.02 Å². The van der Waals surface area contributed by atoms with E-state index < -0.39 is 17.4 Å². The Morgan fingerprint density at radius 1 is 1.11 bits per heavy atom. The summed E-state index contributed by atoms with van der Waals surface area (Å²) in [5.41, 5.74) is 0.477. The summed E-state index contributed by atoms with van der Waals surface area (Å²) in [5.74, 6) is -1.34. The van der Waals surface area contributed by atoms with Gasteiger partial charge >= 0.3 is 0 Å². The van der Waals surface area contributed by atoms with Gasteiger partial charge in [0.2, 0.25) is 0 Å². The normalized spacial score (nSPS) is 10.9. The fraction of sp³-hybridized carbons (Fsp3) is 0. The van der Waals surface area contributed by atoms with Gasteiger partial charge in [0.1, 0.15) is 11.6 Å². The van der Waals surface area contributed by atoms with Crippen LogP contribution in [0.5, 0.6) is 0 Å². The first-order chi connectivity index (χ1) is 9.08. The van der Waals surface area contributed by atoms with E-state index in [1.807, 2.05) is 0 Å². The van der Waals surface area contributed by atoms with Gasteiger partial charge in [-0.1, -0.05) is 29.8 Å². The van der Waals surface area contributed by atoms with Crippen LogP contribution in [0.4, 0.5) is 8.78 Å². The summed E-state index contributed by atoms with van der Waals surface area (Å²) in [5, 5.41) is 0.0307. The molecule has 96 valence electrons. The molecule has 0 saturated carbocycles. The lowest BCUT2D eigenvalue weighted by molar-refractivity contribution is 0.104. The van der Waals surface area contributed by atoms with Crippen molar-refractivity contribution in [1.29, 1.82) is 0 Å². The predicted molar refractivity (Wildman–Crippen MR) is 71.2 cm³/mol. The molecule has 1 nitrogen and oxygen atoms in total. The molecule has 0 bridgehead atoms. The van der Waals surface area contributed by atoms with Crippen LogP contribution in [-0.4, -0.2) is 5.78 Å². The Hall–Kier alpha value is -2.00. The van der Waals surface area contributed by atoms with Crippen molar-refractivity contribution >= 4 is 23.5 Å². The average Bonchev–Trinajstić information content (AvgIpc) is 2.37. The second-order valence-electron chi connectivity index (χ2n) is 3.84. The Morgan fingerprint density at radius 3 is 2.53 bits per heavy atom. The molecule has 0 heterocycles. The van der Waals surface area contributed by atoms with E-state index in [9.17, 15) is 13.6 Å². The quantitative estimate of drug-likeness (QED) is 0.596. The summed E-state index contributed by atoms with van der Waals surface area (Å²) >= 11 is 5.77. The van der Waals surface area contributed by atoms with Gasteiger partial charge < -0.3 is 0 Å². The number of hydrogen-bond donors (Lipinski definition) is 0. The number of allylic oxidation sites excluding steroid dienone is 1. The summed E-state index contributed by atoms with van der Waals surface area (Å²) in [6, 6.07) is 9.58. The van der Waals surface area contributed by atoms with Crippen molar-refractivity contribution in [3.63, 3.8) is 0 Å². The molecule has 19 heavy (non-hydrogen) atoms. The molecule has 0 spiro atoms. The summed E-state index contributed by atoms with van der Waals surface area (Å²) in [7, 11) is 0. The van der Waals surface area contributed by atoms with Crippen LogP contribution in [0.25, 0.3) is 6.08 Å². The molecule has 0 N–H and O–H groups in total. The number of hydrogen-bond acceptors (Lipinski definition) is 1. The van der Waals surface area contributed by atoms with Crippen LogP contribution in [0, 0.1) is 11.6 Å². The zero-order valence-corrected chi connectivity index (χ0v) is 10.5. The predicted octanol–water partition coefficient (Wildman–Crippen LogP) is 4.51.